The lowest BCUT2D eigenvalue weighted by Crippen LogP contribution is -2.48. The Balaban J connectivity index is 1.35. The zero-order chi connectivity index (χ0) is 19.4. The first-order valence-corrected chi connectivity index (χ1v) is 11.4. The van der Waals surface area contributed by atoms with Gasteiger partial charge >= 0.3 is 0 Å². The van der Waals surface area contributed by atoms with E-state index in [1.165, 1.54) is 88.8 Å². The molecule has 0 aromatic heterocycles. The van der Waals surface area contributed by atoms with Gasteiger partial charge in [0.1, 0.15) is 0 Å². The van der Waals surface area contributed by atoms with Crippen LogP contribution in [-0.4, -0.2) is 43.8 Å². The molecule has 3 aliphatic rings. The predicted octanol–water partition coefficient (Wildman–Crippen LogP) is 5.12. The second-order valence-corrected chi connectivity index (χ2v) is 9.59. The minimum absolute atomic E-state index is 0.539. The monoisotopic (exact) mass is 379 g/mol. The molecule has 1 saturated heterocycles. The maximum atomic E-state index is 5.61. The third-order valence-corrected chi connectivity index (χ3v) is 7.30. The molecule has 3 nitrogen and oxygen atoms in total. The average molecular weight is 380 g/mol. The zero-order valence-corrected chi connectivity index (χ0v) is 17.7. The molecule has 4 rings (SSSR count). The number of rotatable bonds is 4. The minimum atomic E-state index is 0.539. The lowest BCUT2D eigenvalue weighted by molar-refractivity contribution is 0.110. The van der Waals surface area contributed by atoms with E-state index in [9.17, 15) is 0 Å². The summed E-state index contributed by atoms with van der Waals surface area (Å²) in [5.74, 6) is 2.83. The number of hydrogen-bond acceptors (Lipinski definition) is 3. The topological polar surface area (TPSA) is 9.72 Å². The standard InChI is InChI=1S/C25H37N3/c1-3-17-27-21-28(24-12-8-7-11-23(24)27)22-13-18-26(19-14-22)20-25(2)15-9-5-4-6-10-16-25/h1,7-8,11-12,22H,4-6,9-10,13-21H2,2H3. The van der Waals surface area contributed by atoms with Crippen molar-refractivity contribution in [2.75, 3.05) is 42.6 Å². The molecule has 0 atom stereocenters. The highest BCUT2D eigenvalue weighted by atomic mass is 15.4. The van der Waals surface area contributed by atoms with Crippen LogP contribution in [-0.2, 0) is 0 Å². The van der Waals surface area contributed by atoms with Gasteiger partial charge in [0.05, 0.1) is 24.6 Å². The molecule has 1 aromatic carbocycles. The number of benzene rings is 1. The molecule has 0 amide bonds. The summed E-state index contributed by atoms with van der Waals surface area (Å²) >= 11 is 0. The number of nitrogens with zero attached hydrogens (tertiary/aromatic N) is 3. The number of para-hydroxylation sites is 2. The van der Waals surface area contributed by atoms with Gasteiger partial charge in [-0.25, -0.2) is 0 Å². The van der Waals surface area contributed by atoms with Crippen LogP contribution in [0.4, 0.5) is 11.4 Å². The first-order valence-electron chi connectivity index (χ1n) is 11.4. The Bertz CT molecular complexity index is 675. The minimum Gasteiger partial charge on any atom is -0.349 e. The lowest BCUT2D eigenvalue weighted by atomic mass is 9.77. The number of anilines is 2. The van der Waals surface area contributed by atoms with E-state index < -0.39 is 0 Å². The first kappa shape index (κ1) is 19.6. The molecule has 1 aromatic rings. The summed E-state index contributed by atoms with van der Waals surface area (Å²) in [6.45, 7) is 8.00. The van der Waals surface area contributed by atoms with Gasteiger partial charge in [-0.15, -0.1) is 6.42 Å². The lowest BCUT2D eigenvalue weighted by Gasteiger charge is -2.42. The van der Waals surface area contributed by atoms with Crippen LogP contribution >= 0.6 is 0 Å². The van der Waals surface area contributed by atoms with Crippen LogP contribution in [0.25, 0.3) is 0 Å². The van der Waals surface area contributed by atoms with E-state index >= 15 is 0 Å². The van der Waals surface area contributed by atoms with Crippen molar-refractivity contribution in [2.45, 2.75) is 70.8 Å². The summed E-state index contributed by atoms with van der Waals surface area (Å²) in [7, 11) is 0. The molecule has 0 spiro atoms. The van der Waals surface area contributed by atoms with Gasteiger partial charge in [-0.05, 0) is 43.2 Å². The summed E-state index contributed by atoms with van der Waals surface area (Å²) in [6.07, 6.45) is 18.2. The number of fused-ring (bicyclic) bond motifs is 1. The molecule has 1 aliphatic carbocycles. The van der Waals surface area contributed by atoms with E-state index in [0.717, 1.165) is 6.67 Å². The van der Waals surface area contributed by atoms with Crippen molar-refractivity contribution in [1.82, 2.24) is 4.90 Å². The van der Waals surface area contributed by atoms with Crippen molar-refractivity contribution in [3.05, 3.63) is 24.3 Å². The van der Waals surface area contributed by atoms with Crippen LogP contribution in [0.2, 0.25) is 0 Å². The van der Waals surface area contributed by atoms with Crippen molar-refractivity contribution in [2.24, 2.45) is 5.41 Å². The van der Waals surface area contributed by atoms with Crippen molar-refractivity contribution in [1.29, 1.82) is 0 Å². The fourth-order valence-corrected chi connectivity index (χ4v) is 5.71. The molecule has 2 fully saturated rings. The Morgan fingerprint density at radius 1 is 1.00 bits per heavy atom. The molecule has 0 bridgehead atoms. The van der Waals surface area contributed by atoms with Gasteiger partial charge in [-0.1, -0.05) is 57.1 Å². The predicted molar refractivity (Wildman–Crippen MR) is 120 cm³/mol. The van der Waals surface area contributed by atoms with Gasteiger partial charge < -0.3 is 14.7 Å². The Labute approximate surface area is 172 Å². The molecular formula is C25H37N3. The fourth-order valence-electron chi connectivity index (χ4n) is 5.71. The molecule has 0 radical (unpaired) electrons. The summed E-state index contributed by atoms with van der Waals surface area (Å²) < 4.78 is 0. The normalized spacial score (nSPS) is 23.7. The molecule has 0 unspecified atom stereocenters. The molecule has 2 aliphatic heterocycles. The van der Waals surface area contributed by atoms with Crippen LogP contribution in [0, 0.1) is 17.8 Å². The van der Waals surface area contributed by atoms with E-state index in [4.69, 9.17) is 6.42 Å². The van der Waals surface area contributed by atoms with E-state index in [2.05, 4.69) is 51.8 Å². The molecule has 28 heavy (non-hydrogen) atoms. The second kappa shape index (κ2) is 8.78. The summed E-state index contributed by atoms with van der Waals surface area (Å²) in [5.41, 5.74) is 3.23. The van der Waals surface area contributed by atoms with Crippen LogP contribution in [0.3, 0.4) is 0 Å². The van der Waals surface area contributed by atoms with Gasteiger partial charge in [0.2, 0.25) is 0 Å². The van der Waals surface area contributed by atoms with Gasteiger partial charge in [0.15, 0.2) is 0 Å². The largest absolute Gasteiger partial charge is 0.349 e. The molecule has 3 heteroatoms. The molecule has 152 valence electrons. The van der Waals surface area contributed by atoms with E-state index in [-0.39, 0.29) is 0 Å². The fraction of sp³-hybridized carbons (Fsp3) is 0.680. The van der Waals surface area contributed by atoms with Crippen LogP contribution in [0.15, 0.2) is 24.3 Å². The van der Waals surface area contributed by atoms with E-state index in [0.29, 0.717) is 18.0 Å². The van der Waals surface area contributed by atoms with Crippen LogP contribution in [0.1, 0.15) is 64.7 Å². The molecular weight excluding hydrogens is 342 g/mol. The number of piperidine rings is 1. The Morgan fingerprint density at radius 3 is 2.32 bits per heavy atom. The van der Waals surface area contributed by atoms with Gasteiger partial charge in [0.25, 0.3) is 0 Å². The van der Waals surface area contributed by atoms with Crippen molar-refractivity contribution >= 4 is 11.4 Å². The second-order valence-electron chi connectivity index (χ2n) is 9.59. The van der Waals surface area contributed by atoms with E-state index in [1.807, 2.05) is 0 Å². The third-order valence-electron chi connectivity index (χ3n) is 7.30. The number of likely N-dealkylation sites (tertiary alicyclic amines) is 1. The van der Waals surface area contributed by atoms with Gasteiger partial charge in [0, 0.05) is 25.7 Å². The third kappa shape index (κ3) is 4.33. The van der Waals surface area contributed by atoms with Gasteiger partial charge in [-0.2, -0.15) is 0 Å². The van der Waals surface area contributed by atoms with Crippen molar-refractivity contribution in [3.63, 3.8) is 0 Å². The van der Waals surface area contributed by atoms with Crippen LogP contribution < -0.4 is 9.80 Å². The number of hydrogen-bond donors (Lipinski definition) is 0. The highest BCUT2D eigenvalue weighted by Gasteiger charge is 2.34. The maximum absolute atomic E-state index is 5.61. The summed E-state index contributed by atoms with van der Waals surface area (Å²) in [5, 5.41) is 0. The van der Waals surface area contributed by atoms with Crippen molar-refractivity contribution in [3.8, 4) is 12.3 Å². The highest BCUT2D eigenvalue weighted by Crippen LogP contribution is 2.39. The zero-order valence-electron chi connectivity index (χ0n) is 17.7. The molecule has 2 heterocycles. The van der Waals surface area contributed by atoms with E-state index in [1.54, 1.807) is 0 Å². The smallest absolute Gasteiger partial charge is 0.0916 e. The number of terminal acetylenes is 1. The van der Waals surface area contributed by atoms with Crippen molar-refractivity contribution < 1.29 is 0 Å². The highest BCUT2D eigenvalue weighted by molar-refractivity contribution is 5.76. The SMILES string of the molecule is C#CCN1CN(C2CCN(CC3(C)CCCCCCC3)CC2)c2ccccc21. The maximum Gasteiger partial charge on any atom is 0.0916 e. The Morgan fingerprint density at radius 2 is 1.64 bits per heavy atom. The molecule has 0 N–H and O–H groups in total. The van der Waals surface area contributed by atoms with Gasteiger partial charge in [-0.3, -0.25) is 0 Å². The average Bonchev–Trinajstić information content (AvgIpc) is 3.05. The Hall–Kier alpha value is -1.66. The quantitative estimate of drug-likeness (QED) is 0.672. The summed E-state index contributed by atoms with van der Waals surface area (Å²) in [6, 6.07) is 9.43. The summed E-state index contributed by atoms with van der Waals surface area (Å²) in [4.78, 5) is 7.72. The van der Waals surface area contributed by atoms with Crippen LogP contribution in [0.5, 0.6) is 0 Å². The Kier molecular flexibility index (Phi) is 6.16. The first-order chi connectivity index (χ1) is 13.7. The molecule has 1 saturated carbocycles.